The minimum absolute atomic E-state index is 0.0266. The van der Waals surface area contributed by atoms with Gasteiger partial charge in [-0.2, -0.15) is 0 Å². The topological polar surface area (TPSA) is 53.1 Å². The lowest BCUT2D eigenvalue weighted by molar-refractivity contribution is -0.142. The SMILES string of the molecule is CCN1CC2(CCN(C(=O)C3CCCCN3Cc3ccccc3)CC2)OC1=O. The second-order valence-electron chi connectivity index (χ2n) is 8.36. The van der Waals surface area contributed by atoms with Gasteiger partial charge in [-0.3, -0.25) is 9.69 Å². The molecule has 1 unspecified atom stereocenters. The first-order chi connectivity index (χ1) is 13.6. The van der Waals surface area contributed by atoms with E-state index in [2.05, 4.69) is 29.2 Å². The van der Waals surface area contributed by atoms with Gasteiger partial charge in [-0.1, -0.05) is 36.8 Å². The lowest BCUT2D eigenvalue weighted by Gasteiger charge is -2.42. The van der Waals surface area contributed by atoms with Gasteiger partial charge in [-0.05, 0) is 31.9 Å². The van der Waals surface area contributed by atoms with E-state index >= 15 is 0 Å². The average Bonchev–Trinajstić information content (AvgIpc) is 3.04. The molecule has 1 aromatic rings. The highest BCUT2D eigenvalue weighted by Gasteiger charge is 2.47. The van der Waals surface area contributed by atoms with Gasteiger partial charge < -0.3 is 14.5 Å². The number of benzene rings is 1. The largest absolute Gasteiger partial charge is 0.441 e. The Labute approximate surface area is 167 Å². The molecule has 6 heteroatoms. The molecule has 0 N–H and O–H groups in total. The number of ether oxygens (including phenoxy) is 1. The molecule has 0 aromatic heterocycles. The van der Waals surface area contributed by atoms with Crippen molar-refractivity contribution >= 4 is 12.0 Å². The highest BCUT2D eigenvalue weighted by Crippen LogP contribution is 2.34. The number of carbonyl (C=O) groups is 2. The quantitative estimate of drug-likeness (QED) is 0.800. The summed E-state index contributed by atoms with van der Waals surface area (Å²) in [6.45, 7) is 6.49. The molecule has 1 aromatic carbocycles. The Morgan fingerprint density at radius 2 is 1.89 bits per heavy atom. The fraction of sp³-hybridized carbons (Fsp3) is 0.636. The van der Waals surface area contributed by atoms with Gasteiger partial charge >= 0.3 is 6.09 Å². The molecule has 4 rings (SSSR count). The van der Waals surface area contributed by atoms with E-state index in [-0.39, 0.29) is 23.6 Å². The number of nitrogens with zero attached hydrogens (tertiary/aromatic N) is 3. The average molecular weight is 386 g/mol. The molecule has 0 aliphatic carbocycles. The fourth-order valence-corrected chi connectivity index (χ4v) is 4.82. The molecular formula is C22H31N3O3. The van der Waals surface area contributed by atoms with Gasteiger partial charge in [0.05, 0.1) is 12.6 Å². The van der Waals surface area contributed by atoms with Crippen LogP contribution in [0.5, 0.6) is 0 Å². The summed E-state index contributed by atoms with van der Waals surface area (Å²) in [5.41, 5.74) is 0.873. The molecule has 3 aliphatic heterocycles. The van der Waals surface area contributed by atoms with E-state index in [1.165, 1.54) is 5.56 Å². The van der Waals surface area contributed by atoms with Gasteiger partial charge in [0, 0.05) is 39.0 Å². The van der Waals surface area contributed by atoms with Crippen LogP contribution in [-0.2, 0) is 16.1 Å². The van der Waals surface area contributed by atoms with Crippen LogP contribution in [-0.4, -0.2) is 71.1 Å². The Hall–Kier alpha value is -2.08. The van der Waals surface area contributed by atoms with E-state index in [4.69, 9.17) is 4.74 Å². The molecule has 0 radical (unpaired) electrons. The molecule has 152 valence electrons. The zero-order valence-electron chi connectivity index (χ0n) is 16.8. The van der Waals surface area contributed by atoms with Crippen LogP contribution in [0.2, 0.25) is 0 Å². The minimum Gasteiger partial charge on any atom is -0.441 e. The van der Waals surface area contributed by atoms with Crippen molar-refractivity contribution < 1.29 is 14.3 Å². The third-order valence-electron chi connectivity index (χ3n) is 6.54. The van der Waals surface area contributed by atoms with Crippen LogP contribution in [0.4, 0.5) is 4.79 Å². The molecule has 1 atom stereocenters. The van der Waals surface area contributed by atoms with Crippen molar-refractivity contribution in [1.82, 2.24) is 14.7 Å². The minimum atomic E-state index is -0.389. The summed E-state index contributed by atoms with van der Waals surface area (Å²) in [5, 5.41) is 0. The summed E-state index contributed by atoms with van der Waals surface area (Å²) < 4.78 is 5.71. The lowest BCUT2D eigenvalue weighted by atomic mass is 9.90. The maximum absolute atomic E-state index is 13.3. The van der Waals surface area contributed by atoms with Gasteiger partial charge in [-0.25, -0.2) is 4.79 Å². The maximum atomic E-state index is 13.3. The van der Waals surface area contributed by atoms with Crippen LogP contribution in [0.25, 0.3) is 0 Å². The van der Waals surface area contributed by atoms with Crippen molar-refractivity contribution in [3.05, 3.63) is 35.9 Å². The molecule has 0 saturated carbocycles. The summed E-state index contributed by atoms with van der Waals surface area (Å²) in [7, 11) is 0. The zero-order chi connectivity index (χ0) is 19.6. The van der Waals surface area contributed by atoms with Gasteiger partial charge in [-0.15, -0.1) is 0 Å². The van der Waals surface area contributed by atoms with Gasteiger partial charge in [0.2, 0.25) is 5.91 Å². The standard InChI is InChI=1S/C22H31N3O3/c1-2-23-17-22(28-21(23)27)11-14-24(15-12-22)20(26)19-10-6-7-13-25(19)16-18-8-4-3-5-9-18/h3-5,8-9,19H,2,6-7,10-17H2,1H3. The number of carbonyl (C=O) groups excluding carboxylic acids is 2. The summed E-state index contributed by atoms with van der Waals surface area (Å²) in [6.07, 6.45) is 4.49. The van der Waals surface area contributed by atoms with E-state index in [0.29, 0.717) is 26.2 Å². The van der Waals surface area contributed by atoms with Gasteiger partial charge in [0.25, 0.3) is 0 Å². The summed E-state index contributed by atoms with van der Waals surface area (Å²) in [6, 6.07) is 10.4. The number of likely N-dealkylation sites (N-methyl/N-ethyl adjacent to an activating group) is 1. The van der Waals surface area contributed by atoms with Crippen LogP contribution < -0.4 is 0 Å². The second kappa shape index (κ2) is 8.11. The molecule has 3 aliphatic rings. The smallest absolute Gasteiger partial charge is 0.410 e. The lowest BCUT2D eigenvalue weighted by Crippen LogP contribution is -2.55. The Morgan fingerprint density at radius 3 is 2.57 bits per heavy atom. The molecule has 3 fully saturated rings. The van der Waals surface area contributed by atoms with Crippen molar-refractivity contribution in [1.29, 1.82) is 0 Å². The third kappa shape index (κ3) is 3.88. The maximum Gasteiger partial charge on any atom is 0.410 e. The molecule has 0 bridgehead atoms. The number of amides is 2. The first kappa shape index (κ1) is 19.2. The van der Waals surface area contributed by atoms with E-state index in [0.717, 1.165) is 45.2 Å². The van der Waals surface area contributed by atoms with Crippen LogP contribution in [0, 0.1) is 0 Å². The number of hydrogen-bond donors (Lipinski definition) is 0. The van der Waals surface area contributed by atoms with E-state index < -0.39 is 0 Å². The molecular weight excluding hydrogens is 354 g/mol. The molecule has 3 saturated heterocycles. The van der Waals surface area contributed by atoms with Crippen LogP contribution in [0.15, 0.2) is 30.3 Å². The van der Waals surface area contributed by atoms with Crippen LogP contribution in [0.1, 0.15) is 44.6 Å². The second-order valence-corrected chi connectivity index (χ2v) is 8.36. The fourth-order valence-electron chi connectivity index (χ4n) is 4.82. The predicted molar refractivity (Wildman–Crippen MR) is 107 cm³/mol. The van der Waals surface area contributed by atoms with E-state index in [1.54, 1.807) is 4.90 Å². The highest BCUT2D eigenvalue weighted by atomic mass is 16.6. The number of rotatable bonds is 4. The highest BCUT2D eigenvalue weighted by molar-refractivity contribution is 5.82. The van der Waals surface area contributed by atoms with Crippen LogP contribution >= 0.6 is 0 Å². The van der Waals surface area contributed by atoms with Crippen LogP contribution in [0.3, 0.4) is 0 Å². The van der Waals surface area contributed by atoms with Crippen molar-refractivity contribution in [2.45, 2.75) is 57.2 Å². The van der Waals surface area contributed by atoms with Crippen molar-refractivity contribution in [3.8, 4) is 0 Å². The van der Waals surface area contributed by atoms with E-state index in [1.807, 2.05) is 17.9 Å². The number of piperidine rings is 2. The Morgan fingerprint density at radius 1 is 1.14 bits per heavy atom. The van der Waals surface area contributed by atoms with Crippen molar-refractivity contribution in [2.75, 3.05) is 32.7 Å². The Bertz CT molecular complexity index is 700. The third-order valence-corrected chi connectivity index (χ3v) is 6.54. The Balaban J connectivity index is 1.38. The first-order valence-electron chi connectivity index (χ1n) is 10.6. The molecule has 1 spiro atoms. The predicted octanol–water partition coefficient (Wildman–Crippen LogP) is 2.87. The molecule has 6 nitrogen and oxygen atoms in total. The Kier molecular flexibility index (Phi) is 5.58. The van der Waals surface area contributed by atoms with Crippen molar-refractivity contribution in [2.24, 2.45) is 0 Å². The summed E-state index contributed by atoms with van der Waals surface area (Å²) in [4.78, 5) is 31.4. The number of hydrogen-bond acceptors (Lipinski definition) is 4. The monoisotopic (exact) mass is 385 g/mol. The zero-order valence-corrected chi connectivity index (χ0v) is 16.8. The number of likely N-dealkylation sites (tertiary alicyclic amines) is 2. The van der Waals surface area contributed by atoms with E-state index in [9.17, 15) is 9.59 Å². The molecule has 3 heterocycles. The first-order valence-corrected chi connectivity index (χ1v) is 10.6. The van der Waals surface area contributed by atoms with Gasteiger partial charge in [0.15, 0.2) is 0 Å². The van der Waals surface area contributed by atoms with Crippen molar-refractivity contribution in [3.63, 3.8) is 0 Å². The summed E-state index contributed by atoms with van der Waals surface area (Å²) >= 11 is 0. The van der Waals surface area contributed by atoms with Gasteiger partial charge in [0.1, 0.15) is 5.60 Å². The molecule has 2 amide bonds. The molecule has 28 heavy (non-hydrogen) atoms. The summed E-state index contributed by atoms with van der Waals surface area (Å²) in [5.74, 6) is 0.252. The normalized spacial score (nSPS) is 25.2.